The number of fused-ring (bicyclic) bond motifs is 1. The third kappa shape index (κ3) is 1.78. The lowest BCUT2D eigenvalue weighted by molar-refractivity contribution is -0.667. The fourth-order valence-corrected chi connectivity index (χ4v) is 1.91. The van der Waals surface area contributed by atoms with E-state index in [-0.39, 0.29) is 0 Å². The molecule has 76 valence electrons. The van der Waals surface area contributed by atoms with Gasteiger partial charge in [0.15, 0.2) is 6.20 Å². The smallest absolute Gasteiger partial charge is 0.199 e. The van der Waals surface area contributed by atoms with Crippen molar-refractivity contribution in [3.8, 4) is 0 Å². The number of aryl methyl sites for hydroxylation is 1. The van der Waals surface area contributed by atoms with E-state index in [1.165, 1.54) is 16.5 Å². The molecule has 2 rings (SSSR count). The maximum atomic E-state index is 2.27. The Morgan fingerprint density at radius 1 is 1.20 bits per heavy atom. The average Bonchev–Trinajstić information content (AvgIpc) is 2.30. The Morgan fingerprint density at radius 3 is 2.73 bits per heavy atom. The zero-order valence-electron chi connectivity index (χ0n) is 9.27. The first kappa shape index (κ1) is 9.91. The monoisotopic (exact) mass is 198 g/mol. The second-order valence-corrected chi connectivity index (χ2v) is 3.57. The number of pyridine rings is 1. The van der Waals surface area contributed by atoms with Gasteiger partial charge in [-0.05, 0) is 25.5 Å². The minimum Gasteiger partial charge on any atom is -0.199 e. The molecule has 0 unspecified atom stereocenters. The summed E-state index contributed by atoms with van der Waals surface area (Å²) in [6, 6.07) is 10.7. The van der Waals surface area contributed by atoms with Crippen LogP contribution in [0.5, 0.6) is 0 Å². The fraction of sp³-hybridized carbons (Fsp3) is 0.214. The molecule has 0 amide bonds. The molecule has 0 spiro atoms. The highest BCUT2D eigenvalue weighted by molar-refractivity contribution is 5.85. The SMILES string of the molecule is C/C=C/c1cc[n+](CC)c2ccccc12. The average molecular weight is 198 g/mol. The first-order valence-corrected chi connectivity index (χ1v) is 5.40. The van der Waals surface area contributed by atoms with Gasteiger partial charge < -0.3 is 0 Å². The molecule has 0 aliphatic carbocycles. The Kier molecular flexibility index (Phi) is 2.82. The summed E-state index contributed by atoms with van der Waals surface area (Å²) in [7, 11) is 0. The van der Waals surface area contributed by atoms with Crippen molar-refractivity contribution in [3.05, 3.63) is 48.2 Å². The van der Waals surface area contributed by atoms with Gasteiger partial charge in [0.05, 0.1) is 5.39 Å². The summed E-state index contributed by atoms with van der Waals surface area (Å²) in [5, 5.41) is 1.32. The van der Waals surface area contributed by atoms with Crippen LogP contribution in [-0.4, -0.2) is 0 Å². The van der Waals surface area contributed by atoms with Gasteiger partial charge in [-0.2, -0.15) is 4.57 Å². The Hall–Kier alpha value is -1.63. The molecule has 0 saturated carbocycles. The quantitative estimate of drug-likeness (QED) is 0.652. The molecule has 1 aromatic heterocycles. The highest BCUT2D eigenvalue weighted by Crippen LogP contribution is 2.16. The summed E-state index contributed by atoms with van der Waals surface area (Å²) < 4.78 is 2.27. The number of allylic oxidation sites excluding steroid dienone is 1. The third-order valence-electron chi connectivity index (χ3n) is 2.65. The minimum absolute atomic E-state index is 1.01. The molecule has 15 heavy (non-hydrogen) atoms. The highest BCUT2D eigenvalue weighted by atomic mass is 14.9. The van der Waals surface area contributed by atoms with Gasteiger partial charge in [-0.3, -0.25) is 0 Å². The molecule has 1 heteroatoms. The number of rotatable bonds is 2. The number of hydrogen-bond acceptors (Lipinski definition) is 0. The van der Waals surface area contributed by atoms with E-state index in [0.717, 1.165) is 6.54 Å². The van der Waals surface area contributed by atoms with Crippen LogP contribution in [0.3, 0.4) is 0 Å². The summed E-state index contributed by atoms with van der Waals surface area (Å²) in [4.78, 5) is 0. The van der Waals surface area contributed by atoms with Crippen molar-refractivity contribution < 1.29 is 4.57 Å². The van der Waals surface area contributed by atoms with Crippen molar-refractivity contribution >= 4 is 17.0 Å². The van der Waals surface area contributed by atoms with Crippen molar-refractivity contribution in [2.45, 2.75) is 20.4 Å². The zero-order chi connectivity index (χ0) is 10.7. The predicted octanol–water partition coefficient (Wildman–Crippen LogP) is 3.18. The summed E-state index contributed by atoms with van der Waals surface area (Å²) in [5.74, 6) is 0. The Labute approximate surface area is 90.7 Å². The molecule has 0 saturated heterocycles. The van der Waals surface area contributed by atoms with E-state index in [0.29, 0.717) is 0 Å². The van der Waals surface area contributed by atoms with Crippen molar-refractivity contribution in [2.75, 3.05) is 0 Å². The topological polar surface area (TPSA) is 3.88 Å². The van der Waals surface area contributed by atoms with Crippen molar-refractivity contribution in [3.63, 3.8) is 0 Å². The van der Waals surface area contributed by atoms with Gasteiger partial charge in [-0.15, -0.1) is 0 Å². The summed E-state index contributed by atoms with van der Waals surface area (Å²) >= 11 is 0. The first-order valence-electron chi connectivity index (χ1n) is 5.40. The summed E-state index contributed by atoms with van der Waals surface area (Å²) in [5.41, 5.74) is 2.59. The van der Waals surface area contributed by atoms with E-state index in [2.05, 4.69) is 67.1 Å². The maximum absolute atomic E-state index is 2.27. The van der Waals surface area contributed by atoms with Gasteiger partial charge in [-0.1, -0.05) is 24.3 Å². The summed E-state index contributed by atoms with van der Waals surface area (Å²) in [6.45, 7) is 5.23. The zero-order valence-corrected chi connectivity index (χ0v) is 9.27. The molecule has 0 atom stereocenters. The van der Waals surface area contributed by atoms with E-state index < -0.39 is 0 Å². The van der Waals surface area contributed by atoms with Gasteiger partial charge in [0, 0.05) is 12.1 Å². The molecule has 0 radical (unpaired) electrons. The van der Waals surface area contributed by atoms with Gasteiger partial charge in [0.25, 0.3) is 0 Å². The predicted molar refractivity (Wildman–Crippen MR) is 64.5 cm³/mol. The summed E-state index contributed by atoms with van der Waals surface area (Å²) in [6.07, 6.45) is 6.39. The second-order valence-electron chi connectivity index (χ2n) is 3.57. The molecule has 0 bridgehead atoms. The lowest BCUT2D eigenvalue weighted by atomic mass is 10.1. The molecule has 1 aromatic carbocycles. The van der Waals surface area contributed by atoms with Crippen LogP contribution in [0.1, 0.15) is 19.4 Å². The lowest BCUT2D eigenvalue weighted by Crippen LogP contribution is -2.32. The largest absolute Gasteiger partial charge is 0.213 e. The number of aromatic nitrogens is 1. The molecular formula is C14H16N+. The van der Waals surface area contributed by atoms with E-state index in [1.807, 2.05) is 0 Å². The van der Waals surface area contributed by atoms with Gasteiger partial charge in [-0.25, -0.2) is 0 Å². The van der Waals surface area contributed by atoms with E-state index in [4.69, 9.17) is 0 Å². The number of para-hydroxylation sites is 1. The molecule has 0 fully saturated rings. The van der Waals surface area contributed by atoms with Crippen molar-refractivity contribution in [1.82, 2.24) is 0 Å². The number of hydrogen-bond donors (Lipinski definition) is 0. The van der Waals surface area contributed by atoms with Gasteiger partial charge in [0.2, 0.25) is 5.52 Å². The van der Waals surface area contributed by atoms with Crippen LogP contribution in [0.4, 0.5) is 0 Å². The Bertz CT molecular complexity index is 498. The minimum atomic E-state index is 1.01. The lowest BCUT2D eigenvalue weighted by Gasteiger charge is -2.01. The fourth-order valence-electron chi connectivity index (χ4n) is 1.91. The van der Waals surface area contributed by atoms with Crippen LogP contribution in [0.2, 0.25) is 0 Å². The number of nitrogens with zero attached hydrogens (tertiary/aromatic N) is 1. The van der Waals surface area contributed by atoms with Crippen LogP contribution < -0.4 is 4.57 Å². The van der Waals surface area contributed by atoms with E-state index >= 15 is 0 Å². The van der Waals surface area contributed by atoms with Gasteiger partial charge >= 0.3 is 0 Å². The van der Waals surface area contributed by atoms with Crippen molar-refractivity contribution in [2.24, 2.45) is 0 Å². The standard InChI is InChI=1S/C14H16N/c1-3-7-12-10-11-15(4-2)14-9-6-5-8-13(12)14/h3,5-11H,4H2,1-2H3/q+1/b7-3+. The molecule has 0 aliphatic rings. The highest BCUT2D eigenvalue weighted by Gasteiger charge is 2.07. The Balaban J connectivity index is 2.77. The molecular weight excluding hydrogens is 182 g/mol. The van der Waals surface area contributed by atoms with E-state index in [1.54, 1.807) is 0 Å². The van der Waals surface area contributed by atoms with Crippen LogP contribution >= 0.6 is 0 Å². The van der Waals surface area contributed by atoms with Crippen LogP contribution in [0.25, 0.3) is 17.0 Å². The molecule has 0 aliphatic heterocycles. The molecule has 1 heterocycles. The van der Waals surface area contributed by atoms with Crippen LogP contribution in [-0.2, 0) is 6.54 Å². The molecule has 0 N–H and O–H groups in total. The second kappa shape index (κ2) is 4.26. The van der Waals surface area contributed by atoms with Crippen molar-refractivity contribution in [1.29, 1.82) is 0 Å². The van der Waals surface area contributed by atoms with E-state index in [9.17, 15) is 0 Å². The van der Waals surface area contributed by atoms with Crippen LogP contribution in [0, 0.1) is 0 Å². The van der Waals surface area contributed by atoms with Crippen LogP contribution in [0.15, 0.2) is 42.6 Å². The molecule has 1 nitrogen and oxygen atoms in total. The third-order valence-corrected chi connectivity index (χ3v) is 2.65. The molecule has 2 aromatic rings. The normalized spacial score (nSPS) is 11.3. The Morgan fingerprint density at radius 2 is 2.00 bits per heavy atom. The number of benzene rings is 1. The maximum Gasteiger partial charge on any atom is 0.213 e. The first-order chi connectivity index (χ1) is 7.36. The van der Waals surface area contributed by atoms with Gasteiger partial charge in [0.1, 0.15) is 6.54 Å².